The molecule has 0 fully saturated rings. The first-order valence-corrected chi connectivity index (χ1v) is 6.07. The summed E-state index contributed by atoms with van der Waals surface area (Å²) in [5, 5.41) is 3.19. The molecule has 0 radical (unpaired) electrons. The van der Waals surface area contributed by atoms with Gasteiger partial charge >= 0.3 is 5.97 Å². The summed E-state index contributed by atoms with van der Waals surface area (Å²) in [5.74, 6) is -0.365. The predicted molar refractivity (Wildman–Crippen MR) is 71.8 cm³/mol. The van der Waals surface area contributed by atoms with E-state index >= 15 is 0 Å². The zero-order chi connectivity index (χ0) is 12.8. The lowest BCUT2D eigenvalue weighted by molar-refractivity contribution is -0.137. The van der Waals surface area contributed by atoms with Gasteiger partial charge in [0.2, 0.25) is 0 Å². The third kappa shape index (κ3) is 12.6. The number of allylic oxidation sites excluding steroid dienone is 3. The van der Waals surface area contributed by atoms with Gasteiger partial charge < -0.3 is 10.1 Å². The molecule has 17 heavy (non-hydrogen) atoms. The molecule has 0 saturated heterocycles. The SMILES string of the molecule is C=CC(=O)OCCNCCC=CCCC=CC. The van der Waals surface area contributed by atoms with E-state index < -0.39 is 0 Å². The Hall–Kier alpha value is -1.35. The molecule has 3 heteroatoms. The van der Waals surface area contributed by atoms with Crippen LogP contribution in [0.4, 0.5) is 0 Å². The highest BCUT2D eigenvalue weighted by molar-refractivity contribution is 5.81. The Labute approximate surface area is 104 Å². The molecule has 0 aliphatic heterocycles. The lowest BCUT2D eigenvalue weighted by Crippen LogP contribution is -2.21. The molecule has 1 N–H and O–H groups in total. The number of carbonyl (C=O) groups is 1. The van der Waals surface area contributed by atoms with Crippen molar-refractivity contribution < 1.29 is 9.53 Å². The highest BCUT2D eigenvalue weighted by Crippen LogP contribution is 1.93. The Morgan fingerprint density at radius 3 is 2.59 bits per heavy atom. The molecular formula is C14H23NO2. The summed E-state index contributed by atoms with van der Waals surface area (Å²) in [6.45, 7) is 7.35. The normalized spacial score (nSPS) is 11.1. The summed E-state index contributed by atoms with van der Waals surface area (Å²) in [6, 6.07) is 0. The van der Waals surface area contributed by atoms with Crippen molar-refractivity contribution in [1.29, 1.82) is 0 Å². The Balaban J connectivity index is 3.17. The van der Waals surface area contributed by atoms with Gasteiger partial charge in [0.05, 0.1) is 0 Å². The van der Waals surface area contributed by atoms with Crippen LogP contribution in [0, 0.1) is 0 Å². The van der Waals surface area contributed by atoms with Crippen LogP contribution in [-0.2, 0) is 9.53 Å². The fraction of sp³-hybridized carbons (Fsp3) is 0.500. The third-order valence-corrected chi connectivity index (χ3v) is 2.08. The summed E-state index contributed by atoms with van der Waals surface area (Å²) in [6.07, 6.45) is 13.0. The first-order valence-electron chi connectivity index (χ1n) is 6.07. The molecule has 0 rings (SSSR count). The van der Waals surface area contributed by atoms with Gasteiger partial charge in [-0.05, 0) is 32.7 Å². The predicted octanol–water partition coefficient (Wildman–Crippen LogP) is 2.61. The van der Waals surface area contributed by atoms with E-state index in [0.717, 1.165) is 25.8 Å². The van der Waals surface area contributed by atoms with E-state index in [1.165, 1.54) is 6.08 Å². The fourth-order valence-corrected chi connectivity index (χ4v) is 1.19. The summed E-state index contributed by atoms with van der Waals surface area (Å²) in [5.41, 5.74) is 0. The van der Waals surface area contributed by atoms with Gasteiger partial charge in [-0.25, -0.2) is 4.79 Å². The number of ether oxygens (including phenoxy) is 1. The maximum Gasteiger partial charge on any atom is 0.330 e. The van der Waals surface area contributed by atoms with Crippen molar-refractivity contribution in [1.82, 2.24) is 5.32 Å². The van der Waals surface area contributed by atoms with Crippen molar-refractivity contribution in [2.75, 3.05) is 19.7 Å². The molecule has 0 unspecified atom stereocenters. The lowest BCUT2D eigenvalue weighted by atomic mass is 10.2. The molecule has 0 aliphatic rings. The van der Waals surface area contributed by atoms with Crippen LogP contribution in [0.3, 0.4) is 0 Å². The number of unbranched alkanes of at least 4 members (excludes halogenated alkanes) is 1. The molecule has 3 nitrogen and oxygen atoms in total. The molecule has 0 aromatic rings. The standard InChI is InChI=1S/C14H23NO2/c1-3-5-6-7-8-9-10-11-15-12-13-17-14(16)4-2/h3-5,8-9,15H,2,6-7,10-13H2,1H3. The van der Waals surface area contributed by atoms with Gasteiger partial charge in [-0.2, -0.15) is 0 Å². The maximum atomic E-state index is 10.7. The van der Waals surface area contributed by atoms with E-state index in [1.807, 2.05) is 6.92 Å². The van der Waals surface area contributed by atoms with Crippen LogP contribution >= 0.6 is 0 Å². The Bertz CT molecular complexity index is 257. The molecule has 0 aromatic carbocycles. The number of esters is 1. The zero-order valence-corrected chi connectivity index (χ0v) is 10.7. The second-order valence-corrected chi connectivity index (χ2v) is 3.53. The van der Waals surface area contributed by atoms with Gasteiger partial charge in [-0.1, -0.05) is 30.9 Å². The monoisotopic (exact) mass is 237 g/mol. The second kappa shape index (κ2) is 12.7. The number of hydrogen-bond donors (Lipinski definition) is 1. The largest absolute Gasteiger partial charge is 0.461 e. The molecule has 96 valence electrons. The van der Waals surface area contributed by atoms with E-state index in [9.17, 15) is 4.79 Å². The Kier molecular flexibility index (Phi) is 11.7. The first kappa shape index (κ1) is 15.7. The molecule has 0 amide bonds. The molecule has 0 saturated carbocycles. The van der Waals surface area contributed by atoms with Crippen LogP contribution in [0.15, 0.2) is 37.0 Å². The lowest BCUT2D eigenvalue weighted by Gasteiger charge is -2.02. The van der Waals surface area contributed by atoms with Crippen molar-refractivity contribution in [2.45, 2.75) is 26.2 Å². The number of carbonyl (C=O) groups excluding carboxylic acids is 1. The Morgan fingerprint density at radius 2 is 1.88 bits per heavy atom. The summed E-state index contributed by atoms with van der Waals surface area (Å²) >= 11 is 0. The third-order valence-electron chi connectivity index (χ3n) is 2.08. The molecule has 0 atom stereocenters. The van der Waals surface area contributed by atoms with Gasteiger partial charge in [0.1, 0.15) is 6.61 Å². The van der Waals surface area contributed by atoms with Gasteiger partial charge in [-0.15, -0.1) is 0 Å². The minimum Gasteiger partial charge on any atom is -0.461 e. The van der Waals surface area contributed by atoms with Crippen molar-refractivity contribution >= 4 is 5.97 Å². The van der Waals surface area contributed by atoms with Gasteiger partial charge in [0.15, 0.2) is 0 Å². The first-order chi connectivity index (χ1) is 8.31. The van der Waals surface area contributed by atoms with Crippen LogP contribution in [0.5, 0.6) is 0 Å². The van der Waals surface area contributed by atoms with E-state index in [0.29, 0.717) is 13.2 Å². The molecule has 0 spiro atoms. The average Bonchev–Trinajstić information content (AvgIpc) is 2.35. The minimum atomic E-state index is -0.365. The molecule has 0 heterocycles. The molecule has 0 aliphatic carbocycles. The van der Waals surface area contributed by atoms with E-state index in [-0.39, 0.29) is 5.97 Å². The molecule has 0 aromatic heterocycles. The van der Waals surface area contributed by atoms with Crippen LogP contribution in [0.25, 0.3) is 0 Å². The van der Waals surface area contributed by atoms with Crippen LogP contribution in [0.2, 0.25) is 0 Å². The summed E-state index contributed by atoms with van der Waals surface area (Å²) < 4.78 is 4.82. The summed E-state index contributed by atoms with van der Waals surface area (Å²) in [7, 11) is 0. The van der Waals surface area contributed by atoms with Crippen LogP contribution < -0.4 is 5.32 Å². The smallest absolute Gasteiger partial charge is 0.330 e. The van der Waals surface area contributed by atoms with Crippen LogP contribution in [-0.4, -0.2) is 25.7 Å². The minimum absolute atomic E-state index is 0.365. The topological polar surface area (TPSA) is 38.3 Å². The van der Waals surface area contributed by atoms with Crippen molar-refractivity contribution in [2.24, 2.45) is 0 Å². The highest BCUT2D eigenvalue weighted by atomic mass is 16.5. The molecule has 0 bridgehead atoms. The number of hydrogen-bond acceptors (Lipinski definition) is 3. The second-order valence-electron chi connectivity index (χ2n) is 3.53. The van der Waals surface area contributed by atoms with E-state index in [4.69, 9.17) is 4.74 Å². The fourth-order valence-electron chi connectivity index (χ4n) is 1.19. The number of nitrogens with one attached hydrogen (secondary N) is 1. The summed E-state index contributed by atoms with van der Waals surface area (Å²) in [4.78, 5) is 10.7. The quantitative estimate of drug-likeness (QED) is 0.275. The van der Waals surface area contributed by atoms with Gasteiger partial charge in [0, 0.05) is 12.6 Å². The maximum absolute atomic E-state index is 10.7. The zero-order valence-electron chi connectivity index (χ0n) is 10.7. The van der Waals surface area contributed by atoms with Crippen molar-refractivity contribution in [3.8, 4) is 0 Å². The average molecular weight is 237 g/mol. The van der Waals surface area contributed by atoms with E-state index in [2.05, 4.69) is 36.2 Å². The molecular weight excluding hydrogens is 214 g/mol. The van der Waals surface area contributed by atoms with E-state index in [1.54, 1.807) is 0 Å². The number of rotatable bonds is 10. The Morgan fingerprint density at radius 1 is 1.18 bits per heavy atom. The highest BCUT2D eigenvalue weighted by Gasteiger charge is 1.93. The van der Waals surface area contributed by atoms with Gasteiger partial charge in [-0.3, -0.25) is 0 Å². The van der Waals surface area contributed by atoms with Gasteiger partial charge in [0.25, 0.3) is 0 Å². The van der Waals surface area contributed by atoms with Crippen molar-refractivity contribution in [3.05, 3.63) is 37.0 Å². The van der Waals surface area contributed by atoms with Crippen molar-refractivity contribution in [3.63, 3.8) is 0 Å². The van der Waals surface area contributed by atoms with Crippen LogP contribution in [0.1, 0.15) is 26.2 Å².